The molecule has 1 saturated heterocycles. The number of piperazine rings is 1. The molecular weight excluding hydrogens is 304 g/mol. The zero-order chi connectivity index (χ0) is 17.2. The van der Waals surface area contributed by atoms with Crippen LogP contribution < -0.4 is 5.32 Å². The third-order valence-corrected chi connectivity index (χ3v) is 3.57. The second-order valence-electron chi connectivity index (χ2n) is 5.42. The molecule has 0 spiro atoms. The lowest BCUT2D eigenvalue weighted by atomic mass is 10.1. The molecule has 1 heterocycles. The van der Waals surface area contributed by atoms with Crippen LogP contribution in [0.25, 0.3) is 0 Å². The number of esters is 1. The van der Waals surface area contributed by atoms with Crippen LogP contribution in [0.15, 0.2) is 0 Å². The largest absolute Gasteiger partial charge is 0.481 e. The third kappa shape index (κ3) is 6.66. The van der Waals surface area contributed by atoms with Gasteiger partial charge in [-0.15, -0.1) is 0 Å². The van der Waals surface area contributed by atoms with Crippen molar-refractivity contribution in [2.24, 2.45) is 0 Å². The maximum Gasteiger partial charge on any atom is 0.308 e. The van der Waals surface area contributed by atoms with E-state index in [0.29, 0.717) is 13.2 Å². The number of rotatable bonds is 9. The second kappa shape index (κ2) is 9.81. The first kappa shape index (κ1) is 18.9. The van der Waals surface area contributed by atoms with E-state index in [1.807, 2.05) is 6.92 Å². The molecule has 2 N–H and O–H groups in total. The minimum atomic E-state index is -1.08. The van der Waals surface area contributed by atoms with Gasteiger partial charge in [0.25, 0.3) is 0 Å². The molecule has 0 radical (unpaired) electrons. The van der Waals surface area contributed by atoms with Crippen LogP contribution in [0.2, 0.25) is 0 Å². The van der Waals surface area contributed by atoms with Crippen molar-refractivity contribution in [3.8, 4) is 0 Å². The number of nitrogens with zero attached hydrogens (tertiary/aromatic N) is 1. The Morgan fingerprint density at radius 3 is 2.70 bits per heavy atom. The number of carboxylic acids is 1. The summed E-state index contributed by atoms with van der Waals surface area (Å²) in [5, 5.41) is 11.2. The Labute approximate surface area is 135 Å². The first-order valence-electron chi connectivity index (χ1n) is 7.90. The van der Waals surface area contributed by atoms with Crippen molar-refractivity contribution in [2.75, 3.05) is 19.7 Å². The summed E-state index contributed by atoms with van der Waals surface area (Å²) in [5.41, 5.74) is 0. The molecule has 1 unspecified atom stereocenters. The fourth-order valence-corrected chi connectivity index (χ4v) is 2.33. The van der Waals surface area contributed by atoms with Gasteiger partial charge in [0.15, 0.2) is 0 Å². The first-order valence-corrected chi connectivity index (χ1v) is 7.90. The first-order chi connectivity index (χ1) is 11.0. The highest BCUT2D eigenvalue weighted by Crippen LogP contribution is 2.13. The normalized spacial score (nSPS) is 17.5. The van der Waals surface area contributed by atoms with Crippen LogP contribution >= 0.6 is 0 Å². The molecular formula is C15H24N2O6. The summed E-state index contributed by atoms with van der Waals surface area (Å²) < 4.78 is 5.07. The molecule has 23 heavy (non-hydrogen) atoms. The number of nitrogens with one attached hydrogen (secondary N) is 1. The van der Waals surface area contributed by atoms with Gasteiger partial charge in [-0.1, -0.05) is 19.8 Å². The predicted molar refractivity (Wildman–Crippen MR) is 80.5 cm³/mol. The predicted octanol–water partition coefficient (Wildman–Crippen LogP) is 0.302. The van der Waals surface area contributed by atoms with E-state index in [4.69, 9.17) is 9.84 Å². The summed E-state index contributed by atoms with van der Waals surface area (Å²) in [4.78, 5) is 47.6. The highest BCUT2D eigenvalue weighted by molar-refractivity contribution is 5.92. The van der Waals surface area contributed by atoms with Gasteiger partial charge in [-0.05, 0) is 6.42 Å². The molecule has 2 amide bonds. The summed E-state index contributed by atoms with van der Waals surface area (Å²) in [7, 11) is 0. The number of hydrogen-bond donors (Lipinski definition) is 2. The lowest BCUT2D eigenvalue weighted by Crippen LogP contribution is -2.57. The number of amides is 2. The van der Waals surface area contributed by atoms with Gasteiger partial charge in [0.2, 0.25) is 11.8 Å². The van der Waals surface area contributed by atoms with Crippen LogP contribution in [0.3, 0.4) is 0 Å². The maximum atomic E-state index is 12.1. The van der Waals surface area contributed by atoms with Gasteiger partial charge in [-0.3, -0.25) is 19.2 Å². The van der Waals surface area contributed by atoms with E-state index in [1.54, 1.807) is 0 Å². The second-order valence-corrected chi connectivity index (χ2v) is 5.42. The SMILES string of the molecule is CCCCCOC(=O)CC1C(=O)NCCN1C(=O)CCC(=O)O. The van der Waals surface area contributed by atoms with Crippen LogP contribution in [-0.2, 0) is 23.9 Å². The number of carboxylic acid groups (broad SMARTS) is 1. The van der Waals surface area contributed by atoms with Crippen LogP contribution in [0, 0.1) is 0 Å². The molecule has 1 aliphatic heterocycles. The summed E-state index contributed by atoms with van der Waals surface area (Å²) >= 11 is 0. The van der Waals surface area contributed by atoms with Crippen molar-refractivity contribution in [3.63, 3.8) is 0 Å². The molecule has 130 valence electrons. The maximum absolute atomic E-state index is 12.1. The van der Waals surface area contributed by atoms with E-state index in [-0.39, 0.29) is 25.8 Å². The summed E-state index contributed by atoms with van der Waals surface area (Å²) in [6.45, 7) is 2.89. The highest BCUT2D eigenvalue weighted by Gasteiger charge is 2.34. The van der Waals surface area contributed by atoms with E-state index >= 15 is 0 Å². The van der Waals surface area contributed by atoms with Gasteiger partial charge in [0.05, 0.1) is 19.4 Å². The average molecular weight is 328 g/mol. The van der Waals surface area contributed by atoms with Crippen LogP contribution in [-0.4, -0.2) is 59.5 Å². The van der Waals surface area contributed by atoms with Crippen molar-refractivity contribution >= 4 is 23.8 Å². The molecule has 1 fully saturated rings. The van der Waals surface area contributed by atoms with Crippen LogP contribution in [0.5, 0.6) is 0 Å². The van der Waals surface area contributed by atoms with Gasteiger partial charge in [-0.2, -0.15) is 0 Å². The molecule has 8 heteroatoms. The molecule has 0 saturated carbocycles. The number of ether oxygens (including phenoxy) is 1. The zero-order valence-electron chi connectivity index (χ0n) is 13.4. The van der Waals surface area contributed by atoms with Crippen molar-refractivity contribution in [1.29, 1.82) is 0 Å². The van der Waals surface area contributed by atoms with Gasteiger partial charge in [-0.25, -0.2) is 0 Å². The topological polar surface area (TPSA) is 113 Å². The monoisotopic (exact) mass is 328 g/mol. The van der Waals surface area contributed by atoms with Gasteiger partial charge in [0.1, 0.15) is 6.04 Å². The van der Waals surface area contributed by atoms with E-state index in [2.05, 4.69) is 5.32 Å². The Kier molecular flexibility index (Phi) is 8.07. The molecule has 0 aromatic carbocycles. The Hall–Kier alpha value is -2.12. The fraction of sp³-hybridized carbons (Fsp3) is 0.733. The van der Waals surface area contributed by atoms with E-state index in [9.17, 15) is 19.2 Å². The van der Waals surface area contributed by atoms with Gasteiger partial charge < -0.3 is 20.1 Å². The standard InChI is InChI=1S/C15H24N2O6/c1-2-3-4-9-23-14(21)10-11-15(22)16-7-8-17(11)12(18)5-6-13(19)20/h11H,2-10H2,1H3,(H,16,22)(H,19,20). The van der Waals surface area contributed by atoms with Crippen molar-refractivity contribution < 1.29 is 29.0 Å². The molecule has 1 atom stereocenters. The third-order valence-electron chi connectivity index (χ3n) is 3.57. The van der Waals surface area contributed by atoms with Gasteiger partial charge in [0, 0.05) is 19.5 Å². The highest BCUT2D eigenvalue weighted by atomic mass is 16.5. The van der Waals surface area contributed by atoms with Crippen molar-refractivity contribution in [1.82, 2.24) is 10.2 Å². The smallest absolute Gasteiger partial charge is 0.308 e. The lowest BCUT2D eigenvalue weighted by molar-refractivity contribution is -0.152. The van der Waals surface area contributed by atoms with E-state index in [1.165, 1.54) is 4.90 Å². The number of aliphatic carboxylic acids is 1. The molecule has 0 aromatic rings. The summed E-state index contributed by atoms with van der Waals surface area (Å²) in [6.07, 6.45) is 2.03. The Bertz CT molecular complexity index is 451. The summed E-state index contributed by atoms with van der Waals surface area (Å²) in [5.74, 6) is -2.46. The zero-order valence-corrected chi connectivity index (χ0v) is 13.4. The Balaban J connectivity index is 2.55. The van der Waals surface area contributed by atoms with Crippen molar-refractivity contribution in [3.05, 3.63) is 0 Å². The van der Waals surface area contributed by atoms with E-state index < -0.39 is 29.8 Å². The number of hydrogen-bond acceptors (Lipinski definition) is 5. The Morgan fingerprint density at radius 1 is 1.30 bits per heavy atom. The molecule has 0 aliphatic carbocycles. The minimum Gasteiger partial charge on any atom is -0.481 e. The average Bonchev–Trinajstić information content (AvgIpc) is 2.51. The fourth-order valence-electron chi connectivity index (χ4n) is 2.33. The van der Waals surface area contributed by atoms with Crippen LogP contribution in [0.1, 0.15) is 45.4 Å². The summed E-state index contributed by atoms with van der Waals surface area (Å²) in [6, 6.07) is -0.927. The minimum absolute atomic E-state index is 0.190. The van der Waals surface area contributed by atoms with Gasteiger partial charge >= 0.3 is 11.9 Å². The van der Waals surface area contributed by atoms with Crippen LogP contribution in [0.4, 0.5) is 0 Å². The number of carbonyl (C=O) groups excluding carboxylic acids is 3. The number of carbonyl (C=O) groups is 4. The molecule has 8 nitrogen and oxygen atoms in total. The number of unbranched alkanes of at least 4 members (excludes halogenated alkanes) is 2. The lowest BCUT2D eigenvalue weighted by Gasteiger charge is -2.34. The quantitative estimate of drug-likeness (QED) is 0.465. The van der Waals surface area contributed by atoms with E-state index in [0.717, 1.165) is 19.3 Å². The van der Waals surface area contributed by atoms with Crippen molar-refractivity contribution in [2.45, 2.75) is 51.5 Å². The molecule has 1 rings (SSSR count). The molecule has 0 aromatic heterocycles. The molecule has 1 aliphatic rings. The molecule has 0 bridgehead atoms. The Morgan fingerprint density at radius 2 is 2.04 bits per heavy atom.